The van der Waals surface area contributed by atoms with Gasteiger partial charge in [-0.2, -0.15) is 0 Å². The number of nitro groups is 1. The van der Waals surface area contributed by atoms with E-state index in [2.05, 4.69) is 4.98 Å². The average molecular weight is 625 g/mol. The molecule has 1 aromatic carbocycles. The standard InChI is InChI=1S/C11H13N3.C2H2O4.3ClH.NO2.Pt/c1-14-8-7-13-11(14)10(12)9-5-3-2-4-6-9;3-1(4)2(5)6;;;;2-1-3;/h2-8,10H,12H2,1H3;(H,3,4)(H,5,6);3*1H;;/q;;;;;;+3/p-3. The molecule has 154 valence electrons. The van der Waals surface area contributed by atoms with Crippen LogP contribution in [0.3, 0.4) is 0 Å². The molecule has 0 aliphatic carbocycles. The summed E-state index contributed by atoms with van der Waals surface area (Å²) in [5.41, 5.74) is 7.16. The second-order valence-corrected chi connectivity index (χ2v) is 4.91. The van der Waals surface area contributed by atoms with Gasteiger partial charge in [-0.15, -0.1) is 0 Å². The molecule has 0 radical (unpaired) electrons. The maximum absolute atomic E-state index is 9.10. The van der Waals surface area contributed by atoms with Gasteiger partial charge in [-0.05, 0) is 5.56 Å². The van der Waals surface area contributed by atoms with Crippen molar-refractivity contribution in [2.24, 2.45) is 12.8 Å². The van der Waals surface area contributed by atoms with E-state index in [1.807, 2.05) is 48.1 Å². The van der Waals surface area contributed by atoms with E-state index in [1.165, 1.54) is 0 Å². The van der Waals surface area contributed by atoms with Crippen molar-refractivity contribution in [1.82, 2.24) is 9.55 Å². The molecular formula is C13H15Cl3N4O6Pt. The van der Waals surface area contributed by atoms with Gasteiger partial charge in [0.05, 0.1) is 6.04 Å². The average Bonchev–Trinajstić information content (AvgIpc) is 2.93. The normalized spacial score (nSPS) is 9.15. The molecule has 1 unspecified atom stereocenters. The van der Waals surface area contributed by atoms with Crippen LogP contribution < -0.4 is 43.0 Å². The molecule has 1 aromatic heterocycles. The first-order chi connectivity index (χ1) is 11.2. The fraction of sp³-hybridized carbons (Fsp3) is 0.154. The van der Waals surface area contributed by atoms with Crippen LogP contribution in [0.4, 0.5) is 0 Å². The number of carboxylic acids is 2. The minimum atomic E-state index is -1.82. The number of benzene rings is 1. The molecule has 0 saturated heterocycles. The van der Waals surface area contributed by atoms with Crippen LogP contribution in [0.1, 0.15) is 17.4 Å². The summed E-state index contributed by atoms with van der Waals surface area (Å²) in [5, 5.41) is 23.6. The first-order valence-corrected chi connectivity index (χ1v) is 7.19. The first kappa shape index (κ1) is 32.9. The Kier molecular flexibility index (Phi) is 21.6. The Morgan fingerprint density at radius 3 is 1.89 bits per heavy atom. The Morgan fingerprint density at radius 1 is 1.19 bits per heavy atom. The fourth-order valence-electron chi connectivity index (χ4n) is 1.49. The number of aliphatic carboxylic acids is 2. The van der Waals surface area contributed by atoms with Gasteiger partial charge in [0, 0.05) is 19.4 Å². The van der Waals surface area contributed by atoms with Crippen molar-refractivity contribution in [1.29, 1.82) is 0 Å². The molecule has 10 nitrogen and oxygen atoms in total. The molecule has 27 heavy (non-hydrogen) atoms. The van der Waals surface area contributed by atoms with Gasteiger partial charge >= 0.3 is 45.6 Å². The van der Waals surface area contributed by atoms with Gasteiger partial charge in [0.15, 0.2) is 0 Å². The molecule has 1 heterocycles. The van der Waals surface area contributed by atoms with Crippen LogP contribution in [0.15, 0.2) is 42.7 Å². The van der Waals surface area contributed by atoms with Gasteiger partial charge in [0.1, 0.15) is 5.82 Å². The van der Waals surface area contributed by atoms with E-state index in [0.717, 1.165) is 31.5 Å². The van der Waals surface area contributed by atoms with Crippen LogP contribution in [-0.2, 0) is 36.7 Å². The largest absolute Gasteiger partial charge is 1.00 e. The van der Waals surface area contributed by atoms with E-state index in [0.29, 0.717) is 0 Å². The summed E-state index contributed by atoms with van der Waals surface area (Å²) in [5.74, 6) is -2.76. The third-order valence-electron chi connectivity index (χ3n) is 2.48. The molecular weight excluding hydrogens is 610 g/mol. The van der Waals surface area contributed by atoms with Crippen LogP contribution in [-0.4, -0.2) is 35.2 Å². The Morgan fingerprint density at radius 2 is 1.59 bits per heavy atom. The van der Waals surface area contributed by atoms with Crippen molar-refractivity contribution in [3.8, 4) is 0 Å². The molecule has 2 rings (SSSR count). The second kappa shape index (κ2) is 17.7. The molecule has 14 heteroatoms. The summed E-state index contributed by atoms with van der Waals surface area (Å²) in [6.07, 6.45) is 3.66. The fourth-order valence-corrected chi connectivity index (χ4v) is 1.49. The number of aromatic nitrogens is 2. The summed E-state index contributed by atoms with van der Waals surface area (Å²) in [7, 11) is 1.95. The number of halogens is 3. The summed E-state index contributed by atoms with van der Waals surface area (Å²) < 4.78 is 1.41. The number of rotatable bonds is 2. The van der Waals surface area contributed by atoms with E-state index in [9.17, 15) is 0 Å². The number of aryl methyl sites for hydroxylation is 1. The predicted octanol–water partition coefficient (Wildman–Crippen LogP) is -8.64. The van der Waals surface area contributed by atoms with E-state index in [4.69, 9.17) is 35.7 Å². The zero-order chi connectivity index (χ0) is 18.7. The van der Waals surface area contributed by atoms with Crippen LogP contribution in [0.5, 0.6) is 0 Å². The summed E-state index contributed by atoms with van der Waals surface area (Å²) in [4.78, 5) is 31.2. The van der Waals surface area contributed by atoms with Gasteiger partial charge in [-0.1, -0.05) is 30.3 Å². The van der Waals surface area contributed by atoms with Crippen LogP contribution in [0.2, 0.25) is 0 Å². The summed E-state index contributed by atoms with van der Waals surface area (Å²) >= 11 is 1.05. The number of hydrogen-bond acceptors (Lipinski definition) is 6. The van der Waals surface area contributed by atoms with Gasteiger partial charge < -0.3 is 57.7 Å². The SMILES string of the molecule is Cn1ccnc1C(N)c1ccccc1.O=C(O)C(=O)O.O=[N+]([O-])[Pt+3].[Cl-].[Cl-].[Cl-]. The monoisotopic (exact) mass is 623 g/mol. The molecule has 1 atom stereocenters. The van der Waals surface area contributed by atoms with Gasteiger partial charge in [-0.3, -0.25) is 0 Å². The maximum Gasteiger partial charge on any atom is -1.00 e. The van der Waals surface area contributed by atoms with Gasteiger partial charge in [0.2, 0.25) is 0 Å². The van der Waals surface area contributed by atoms with E-state index in [1.54, 1.807) is 6.20 Å². The van der Waals surface area contributed by atoms with Gasteiger partial charge in [0.25, 0.3) is 0 Å². The minimum Gasteiger partial charge on any atom is -1.00 e. The minimum absolute atomic E-state index is 0. The van der Waals surface area contributed by atoms with Crippen molar-refractivity contribution < 1.29 is 80.6 Å². The van der Waals surface area contributed by atoms with E-state index in [-0.39, 0.29) is 43.3 Å². The zero-order valence-corrected chi connectivity index (χ0v) is 18.1. The zero-order valence-electron chi connectivity index (χ0n) is 13.5. The predicted molar refractivity (Wildman–Crippen MR) is 77.9 cm³/mol. The topological polar surface area (TPSA) is 162 Å². The van der Waals surface area contributed by atoms with Crippen molar-refractivity contribution in [2.75, 3.05) is 0 Å². The third kappa shape index (κ3) is 15.1. The summed E-state index contributed by atoms with van der Waals surface area (Å²) in [6, 6.07) is 9.83. The van der Waals surface area contributed by atoms with Crippen molar-refractivity contribution in [3.05, 3.63) is 64.2 Å². The molecule has 0 aliphatic rings. The number of imidazole rings is 1. The number of nitrogens with zero attached hydrogens (tertiary/aromatic N) is 3. The van der Waals surface area contributed by atoms with Crippen LogP contribution >= 0.6 is 0 Å². The quantitative estimate of drug-likeness (QED) is 0.169. The van der Waals surface area contributed by atoms with Crippen molar-refractivity contribution >= 4 is 11.9 Å². The molecule has 0 fully saturated rings. The number of hydrogen-bond donors (Lipinski definition) is 3. The molecule has 0 saturated carbocycles. The molecule has 0 bridgehead atoms. The number of nitrogens with two attached hydrogens (primary N) is 1. The molecule has 2 aromatic rings. The van der Waals surface area contributed by atoms with E-state index >= 15 is 0 Å². The molecule has 0 aliphatic heterocycles. The van der Waals surface area contributed by atoms with Crippen molar-refractivity contribution in [3.63, 3.8) is 0 Å². The molecule has 0 amide bonds. The molecule has 0 spiro atoms. The second-order valence-electron chi connectivity index (χ2n) is 4.09. The van der Waals surface area contributed by atoms with Gasteiger partial charge in [-0.25, -0.2) is 14.6 Å². The number of carbonyl (C=O) groups is 2. The van der Waals surface area contributed by atoms with Crippen LogP contribution in [0.25, 0.3) is 0 Å². The Hall–Kier alpha value is -1.71. The van der Waals surface area contributed by atoms with E-state index < -0.39 is 15.4 Å². The Labute approximate surface area is 184 Å². The van der Waals surface area contributed by atoms with Crippen molar-refractivity contribution in [2.45, 2.75) is 6.04 Å². The van der Waals surface area contributed by atoms with Crippen LogP contribution in [0, 0.1) is 10.1 Å². The smallest absolute Gasteiger partial charge is 1.00 e. The maximum atomic E-state index is 9.10. The summed E-state index contributed by atoms with van der Waals surface area (Å²) in [6.45, 7) is 0. The number of carboxylic acid groups (broad SMARTS) is 2. The Bertz CT molecular complexity index is 674. The Balaban J connectivity index is -0.000000175. The third-order valence-corrected chi connectivity index (χ3v) is 2.48. The first-order valence-electron chi connectivity index (χ1n) is 6.18. The molecule has 4 N–H and O–H groups in total.